The fourth-order valence-corrected chi connectivity index (χ4v) is 10.5. The van der Waals surface area contributed by atoms with Crippen LogP contribution in [0, 0.1) is 13.8 Å². The molecule has 4 aliphatic heterocycles. The maximum Gasteiger partial charge on any atom is 0.498 e. The Kier molecular flexibility index (Phi) is 14.1. The topological polar surface area (TPSA) is 83.7 Å². The number of para-hydroxylation sites is 4. The van der Waals surface area contributed by atoms with E-state index < -0.39 is 18.3 Å². The largest absolute Gasteiger partial charge is 0.498 e. The molecule has 0 spiro atoms. The number of hydrogen-bond acceptors (Lipinski definition) is 8. The lowest BCUT2D eigenvalue weighted by atomic mass is 9.77. The average molecular weight is 983 g/mol. The summed E-state index contributed by atoms with van der Waals surface area (Å²) in [5.74, 6) is 1.64. The molecule has 0 aliphatic carbocycles. The van der Waals surface area contributed by atoms with Crippen LogP contribution in [0.2, 0.25) is 6.82 Å². The third-order valence-electron chi connectivity index (χ3n) is 15.7. The summed E-state index contributed by atoms with van der Waals surface area (Å²) < 4.78 is 53.7. The van der Waals surface area contributed by atoms with Gasteiger partial charge in [0.2, 0.25) is 0 Å². The van der Waals surface area contributed by atoms with Gasteiger partial charge in [0.15, 0.2) is 12.6 Å². The van der Waals surface area contributed by atoms with Gasteiger partial charge >= 0.3 is 14.2 Å². The molecule has 0 N–H and O–H groups in total. The highest BCUT2D eigenvalue weighted by atomic mass is 16.7. The molecule has 2 aromatic heterocycles. The average Bonchev–Trinajstić information content (AvgIpc) is 4.01. The van der Waals surface area contributed by atoms with E-state index in [0.29, 0.717) is 6.61 Å². The van der Waals surface area contributed by atoms with Crippen LogP contribution < -0.4 is 14.9 Å². The zero-order chi connectivity index (χ0) is 51.3. The zero-order valence-corrected chi connectivity index (χ0v) is 44.8. The van der Waals surface area contributed by atoms with Gasteiger partial charge in [-0.3, -0.25) is 0 Å². The Morgan fingerprint density at radius 2 is 0.877 bits per heavy atom. The summed E-state index contributed by atoms with van der Waals surface area (Å²) >= 11 is 0. The Balaban J connectivity index is 0.000000145. The Morgan fingerprint density at radius 1 is 0.466 bits per heavy atom. The van der Waals surface area contributed by atoms with E-state index in [4.69, 9.17) is 37.6 Å². The predicted octanol–water partition coefficient (Wildman–Crippen LogP) is 14.0. The molecule has 2 unspecified atom stereocenters. The minimum absolute atomic E-state index is 0.0648. The smallest absolute Gasteiger partial charge is 0.463 e. The summed E-state index contributed by atoms with van der Waals surface area (Å²) in [6, 6.07) is 44.9. The third kappa shape index (κ3) is 10.1. The van der Waals surface area contributed by atoms with Gasteiger partial charge in [0, 0.05) is 39.8 Å². The van der Waals surface area contributed by atoms with Gasteiger partial charge in [0.05, 0.1) is 69.1 Å². The maximum atomic E-state index is 6.74. The van der Waals surface area contributed by atoms with Crippen molar-refractivity contribution in [2.24, 2.45) is 0 Å². The van der Waals surface area contributed by atoms with Crippen molar-refractivity contribution in [2.75, 3.05) is 13.2 Å². The molecule has 12 heteroatoms. The van der Waals surface area contributed by atoms with Crippen molar-refractivity contribution in [2.45, 2.75) is 150 Å². The van der Waals surface area contributed by atoms with Crippen molar-refractivity contribution in [3.63, 3.8) is 0 Å². The highest BCUT2D eigenvalue weighted by molar-refractivity contribution is 6.63. The Morgan fingerprint density at radius 3 is 1.30 bits per heavy atom. The fourth-order valence-electron chi connectivity index (χ4n) is 10.5. The van der Waals surface area contributed by atoms with Crippen molar-refractivity contribution < 1.29 is 37.6 Å². The van der Waals surface area contributed by atoms with Crippen LogP contribution in [0.5, 0.6) is 11.5 Å². The molecular formula is C61H72B2N2O8. The SMILES string of the molecule is CB1OC(C)(C)C(C)(C)O1.Cc1cc(B2OC(C)(C)C(C)(C)O2)c(OC2CCCCO2)c(-n2c3ccccc3c3ccccc32)c1.Cc1ccc(OC2CCCCO2)c(-n2c3ccccc3c3ccccc32)c1. The highest BCUT2D eigenvalue weighted by Crippen LogP contribution is 2.42. The van der Waals surface area contributed by atoms with Gasteiger partial charge in [-0.15, -0.1) is 0 Å². The van der Waals surface area contributed by atoms with Gasteiger partial charge in [0.1, 0.15) is 11.5 Å². The molecule has 0 radical (unpaired) electrons. The molecule has 73 heavy (non-hydrogen) atoms. The van der Waals surface area contributed by atoms with Gasteiger partial charge in [-0.05, 0) is 155 Å². The quantitative estimate of drug-likeness (QED) is 0.146. The molecule has 6 heterocycles. The molecule has 6 aromatic carbocycles. The number of nitrogens with zero attached hydrogens (tertiary/aromatic N) is 2. The normalized spacial score (nSPS) is 21.0. The Labute approximate surface area is 432 Å². The number of ether oxygens (including phenoxy) is 4. The first-order valence-corrected chi connectivity index (χ1v) is 26.4. The summed E-state index contributed by atoms with van der Waals surface area (Å²) in [6.45, 7) is 24.2. The molecule has 0 saturated carbocycles. The van der Waals surface area contributed by atoms with Crippen LogP contribution in [0.1, 0.15) is 105 Å². The van der Waals surface area contributed by atoms with E-state index in [1.165, 1.54) is 38.1 Å². The lowest BCUT2D eigenvalue weighted by Crippen LogP contribution is -2.41. The maximum absolute atomic E-state index is 6.74. The van der Waals surface area contributed by atoms with E-state index in [1.54, 1.807) is 0 Å². The molecule has 8 aromatic rings. The van der Waals surface area contributed by atoms with Crippen molar-refractivity contribution in [1.82, 2.24) is 9.13 Å². The van der Waals surface area contributed by atoms with E-state index in [1.807, 2.05) is 6.82 Å². The van der Waals surface area contributed by atoms with E-state index in [-0.39, 0.29) is 30.9 Å². The monoisotopic (exact) mass is 983 g/mol. The number of fused-ring (bicyclic) bond motifs is 6. The summed E-state index contributed by atoms with van der Waals surface area (Å²) in [4.78, 5) is 0. The molecule has 4 aliphatic rings. The van der Waals surface area contributed by atoms with E-state index in [0.717, 1.165) is 90.1 Å². The second kappa shape index (κ2) is 20.3. The highest BCUT2D eigenvalue weighted by Gasteiger charge is 2.53. The van der Waals surface area contributed by atoms with Crippen molar-refractivity contribution >= 4 is 63.3 Å². The van der Waals surface area contributed by atoms with Gasteiger partial charge in [-0.1, -0.05) is 84.9 Å². The summed E-state index contributed by atoms with van der Waals surface area (Å²) in [5, 5.41) is 4.95. The molecule has 4 fully saturated rings. The number of rotatable bonds is 7. The zero-order valence-electron chi connectivity index (χ0n) is 44.8. The Bertz CT molecular complexity index is 3110. The predicted molar refractivity (Wildman–Crippen MR) is 297 cm³/mol. The minimum atomic E-state index is -0.541. The van der Waals surface area contributed by atoms with E-state index in [9.17, 15) is 0 Å². The molecular weight excluding hydrogens is 910 g/mol. The lowest BCUT2D eigenvalue weighted by Gasteiger charge is -2.32. The molecule has 0 bridgehead atoms. The standard InChI is InChI=1S/C30H34BNO4.C24H23NO2.C7H15BO2/c1-20-18-23(31-35-29(2,3)30(4,5)36-31)28(34-27-16-10-11-17-33-27)26(19-20)32-24-14-8-6-12-21(24)22-13-7-9-15-25(22)32;1-17-13-14-23(27-24-12-6-7-15-26-24)22(16-17)25-20-10-4-2-8-18(20)19-9-3-5-11-21(19)25;1-6(2)7(3,4)10-8(5)9-6/h6-9,12-15,18-19,27H,10-11,16-17H2,1-5H3;2-5,8-11,13-14,16,24H,6-7,12,15H2,1H3;1-5H3. The second-order valence-electron chi connectivity index (χ2n) is 22.2. The van der Waals surface area contributed by atoms with Gasteiger partial charge < -0.3 is 46.7 Å². The minimum Gasteiger partial charge on any atom is -0.463 e. The van der Waals surface area contributed by atoms with Crippen molar-refractivity contribution in [3.8, 4) is 22.9 Å². The first kappa shape index (κ1) is 50.9. The molecule has 12 rings (SSSR count). The first-order chi connectivity index (χ1) is 34.9. The number of aryl methyl sites for hydroxylation is 2. The third-order valence-corrected chi connectivity index (χ3v) is 15.7. The number of aromatic nitrogens is 2. The number of hydrogen-bond donors (Lipinski definition) is 0. The van der Waals surface area contributed by atoms with Crippen LogP contribution in [0.3, 0.4) is 0 Å². The van der Waals surface area contributed by atoms with Crippen LogP contribution in [0.4, 0.5) is 0 Å². The lowest BCUT2D eigenvalue weighted by molar-refractivity contribution is -0.106. The van der Waals surface area contributed by atoms with Gasteiger partial charge in [-0.2, -0.15) is 0 Å². The fraction of sp³-hybridized carbons (Fsp3) is 0.410. The van der Waals surface area contributed by atoms with Crippen molar-refractivity contribution in [3.05, 3.63) is 139 Å². The number of benzene rings is 6. The molecule has 10 nitrogen and oxygen atoms in total. The molecule has 380 valence electrons. The summed E-state index contributed by atoms with van der Waals surface area (Å²) in [7, 11) is -0.606. The van der Waals surface area contributed by atoms with Crippen molar-refractivity contribution in [1.29, 1.82) is 0 Å². The van der Waals surface area contributed by atoms with Crippen LogP contribution in [0.15, 0.2) is 127 Å². The summed E-state index contributed by atoms with van der Waals surface area (Å²) in [5.41, 5.74) is 8.72. The summed E-state index contributed by atoms with van der Waals surface area (Å²) in [6.07, 6.45) is 5.78. The van der Waals surface area contributed by atoms with Gasteiger partial charge in [0.25, 0.3) is 0 Å². The Hall–Kier alpha value is -5.59. The van der Waals surface area contributed by atoms with Crippen LogP contribution in [-0.2, 0) is 28.1 Å². The first-order valence-electron chi connectivity index (χ1n) is 26.4. The molecule has 4 saturated heterocycles. The second-order valence-corrected chi connectivity index (χ2v) is 22.2. The molecule has 2 atom stereocenters. The van der Waals surface area contributed by atoms with E-state index in [2.05, 4.69) is 206 Å². The van der Waals surface area contributed by atoms with Crippen LogP contribution >= 0.6 is 0 Å². The van der Waals surface area contributed by atoms with Crippen LogP contribution in [-0.4, -0.2) is 71.6 Å². The van der Waals surface area contributed by atoms with Crippen LogP contribution in [0.25, 0.3) is 55.0 Å². The van der Waals surface area contributed by atoms with Gasteiger partial charge in [-0.25, -0.2) is 0 Å². The van der Waals surface area contributed by atoms with E-state index >= 15 is 0 Å². The molecule has 0 amide bonds.